The van der Waals surface area contributed by atoms with Crippen molar-refractivity contribution < 1.29 is 31.5 Å². The number of alkyl halides is 5. The molecule has 29 heavy (non-hydrogen) atoms. The van der Waals surface area contributed by atoms with E-state index in [0.29, 0.717) is 5.56 Å². The van der Waals surface area contributed by atoms with Crippen molar-refractivity contribution in [2.45, 2.75) is 25.9 Å². The van der Waals surface area contributed by atoms with E-state index in [9.17, 15) is 26.7 Å². The van der Waals surface area contributed by atoms with Gasteiger partial charge in [-0.2, -0.15) is 22.0 Å². The molecule has 158 valence electrons. The van der Waals surface area contributed by atoms with Crippen LogP contribution in [-0.2, 0) is 24.1 Å². The molecule has 2 aromatic carbocycles. The van der Waals surface area contributed by atoms with E-state index in [1.165, 1.54) is 23.1 Å². The molecule has 0 N–H and O–H groups in total. The summed E-state index contributed by atoms with van der Waals surface area (Å²) in [6.45, 7) is -2.45. The summed E-state index contributed by atoms with van der Waals surface area (Å²) in [7, 11) is 3.23. The van der Waals surface area contributed by atoms with Gasteiger partial charge in [-0.25, -0.2) is 0 Å². The monoisotopic (exact) mass is 416 g/mol. The molecule has 0 radical (unpaired) electrons. The molecule has 2 rings (SSSR count). The fraction of sp³-hybridized carbons (Fsp3) is 0.350. The number of carbonyl (C=O) groups excluding carboxylic acids is 1. The average Bonchev–Trinajstić information content (AvgIpc) is 2.62. The molecule has 0 heterocycles. The number of benzene rings is 2. The molecule has 0 aliphatic rings. The minimum absolute atomic E-state index is 0.0132. The van der Waals surface area contributed by atoms with Gasteiger partial charge in [0.25, 0.3) is 0 Å². The van der Waals surface area contributed by atoms with Gasteiger partial charge in [-0.1, -0.05) is 30.3 Å². The number of carbonyl (C=O) groups is 1. The van der Waals surface area contributed by atoms with Crippen molar-refractivity contribution >= 4 is 5.91 Å². The second-order valence-corrected chi connectivity index (χ2v) is 6.64. The lowest BCUT2D eigenvalue weighted by atomic mass is 10.1. The molecule has 0 aliphatic heterocycles. The molecule has 0 fully saturated rings. The zero-order valence-electron chi connectivity index (χ0n) is 15.9. The van der Waals surface area contributed by atoms with Crippen LogP contribution in [0.5, 0.6) is 5.75 Å². The van der Waals surface area contributed by atoms with Gasteiger partial charge in [0, 0.05) is 20.1 Å². The van der Waals surface area contributed by atoms with Crippen LogP contribution in [0.4, 0.5) is 22.0 Å². The molecule has 0 saturated carbocycles. The number of hydrogen-bond donors (Lipinski definition) is 0. The minimum atomic E-state index is -4.42. The third-order valence-electron chi connectivity index (χ3n) is 4.11. The van der Waals surface area contributed by atoms with Crippen molar-refractivity contribution in [3.63, 3.8) is 0 Å². The van der Waals surface area contributed by atoms with Gasteiger partial charge < -0.3 is 9.64 Å². The summed E-state index contributed by atoms with van der Waals surface area (Å²) in [5.74, 6) is -0.203. The summed E-state index contributed by atoms with van der Waals surface area (Å²) < 4.78 is 67.0. The number of halogens is 5. The molecule has 0 aliphatic carbocycles. The molecule has 4 nitrogen and oxygen atoms in total. The Hall–Kier alpha value is -2.68. The van der Waals surface area contributed by atoms with E-state index < -0.39 is 18.4 Å². The lowest BCUT2D eigenvalue weighted by Crippen LogP contribution is -2.36. The van der Waals surface area contributed by atoms with Gasteiger partial charge >= 0.3 is 12.8 Å². The molecule has 0 unspecified atom stereocenters. The predicted molar refractivity (Wildman–Crippen MR) is 97.3 cm³/mol. The first-order chi connectivity index (χ1) is 13.5. The Morgan fingerprint density at radius 3 is 2.24 bits per heavy atom. The number of rotatable bonds is 8. The lowest BCUT2D eigenvalue weighted by Gasteiger charge is -2.22. The Morgan fingerprint density at radius 2 is 1.66 bits per heavy atom. The van der Waals surface area contributed by atoms with Gasteiger partial charge in [0.2, 0.25) is 5.91 Å². The number of hydrogen-bond acceptors (Lipinski definition) is 3. The summed E-state index contributed by atoms with van der Waals surface area (Å²) in [4.78, 5) is 15.4. The highest BCUT2D eigenvalue weighted by Gasteiger charge is 2.30. The summed E-state index contributed by atoms with van der Waals surface area (Å²) in [6, 6.07) is 10.9. The zero-order chi connectivity index (χ0) is 21.6. The van der Waals surface area contributed by atoms with E-state index in [4.69, 9.17) is 0 Å². The van der Waals surface area contributed by atoms with E-state index >= 15 is 0 Å². The van der Waals surface area contributed by atoms with E-state index in [0.717, 1.165) is 17.7 Å². The summed E-state index contributed by atoms with van der Waals surface area (Å²) in [5.41, 5.74) is 0.446. The first kappa shape index (κ1) is 22.6. The Kier molecular flexibility index (Phi) is 7.55. The molecular weight excluding hydrogens is 395 g/mol. The Bertz CT molecular complexity index is 809. The molecule has 0 aromatic heterocycles. The maximum Gasteiger partial charge on any atom is 0.416 e. The van der Waals surface area contributed by atoms with Gasteiger partial charge in [-0.15, -0.1) is 0 Å². The topological polar surface area (TPSA) is 32.8 Å². The van der Waals surface area contributed by atoms with Crippen LogP contribution in [-0.4, -0.2) is 43.0 Å². The van der Waals surface area contributed by atoms with Gasteiger partial charge in [0.1, 0.15) is 5.75 Å². The fourth-order valence-electron chi connectivity index (χ4n) is 2.70. The average molecular weight is 416 g/mol. The van der Waals surface area contributed by atoms with Crippen molar-refractivity contribution in [1.82, 2.24) is 9.80 Å². The van der Waals surface area contributed by atoms with Crippen LogP contribution in [0.25, 0.3) is 0 Å². The van der Waals surface area contributed by atoms with Crippen LogP contribution in [0.1, 0.15) is 16.7 Å². The number of nitrogens with zero attached hydrogens (tertiary/aromatic N) is 2. The van der Waals surface area contributed by atoms with E-state index in [-0.39, 0.29) is 31.3 Å². The maximum absolute atomic E-state index is 12.8. The molecular formula is C20H21F5N2O2. The zero-order valence-corrected chi connectivity index (χ0v) is 15.9. The van der Waals surface area contributed by atoms with E-state index in [1.807, 2.05) is 0 Å². The SMILES string of the molecule is CN(CC(=O)N(C)Cc1ccc(OC(F)F)cc1)Cc1cccc(C(F)(F)F)c1. The van der Waals surface area contributed by atoms with E-state index in [1.54, 1.807) is 37.2 Å². The molecule has 2 aromatic rings. The fourth-order valence-corrected chi connectivity index (χ4v) is 2.70. The molecule has 0 atom stereocenters. The summed E-state index contributed by atoms with van der Waals surface area (Å²) in [5, 5.41) is 0. The second-order valence-electron chi connectivity index (χ2n) is 6.64. The van der Waals surface area contributed by atoms with Crippen molar-refractivity contribution in [3.8, 4) is 5.75 Å². The van der Waals surface area contributed by atoms with Crippen LogP contribution < -0.4 is 4.74 Å². The van der Waals surface area contributed by atoms with Crippen molar-refractivity contribution in [2.24, 2.45) is 0 Å². The third kappa shape index (κ3) is 7.34. The molecule has 0 bridgehead atoms. The Morgan fingerprint density at radius 1 is 1.00 bits per heavy atom. The number of likely N-dealkylation sites (N-methyl/N-ethyl adjacent to an activating group) is 2. The standard InChI is InChI=1S/C20H21F5N2O2/c1-26(11-15-4-3-5-16(10-15)20(23,24)25)13-18(28)27(2)12-14-6-8-17(9-7-14)29-19(21)22/h3-10,19H,11-13H2,1-2H3. The van der Waals surface area contributed by atoms with Crippen LogP contribution >= 0.6 is 0 Å². The maximum atomic E-state index is 12.8. The van der Waals surface area contributed by atoms with Crippen molar-refractivity contribution in [1.29, 1.82) is 0 Å². The normalized spacial score (nSPS) is 11.8. The minimum Gasteiger partial charge on any atom is -0.435 e. The first-order valence-corrected chi connectivity index (χ1v) is 8.67. The molecule has 0 saturated heterocycles. The molecule has 0 spiro atoms. The highest BCUT2D eigenvalue weighted by molar-refractivity contribution is 5.77. The highest BCUT2D eigenvalue weighted by atomic mass is 19.4. The van der Waals surface area contributed by atoms with Crippen LogP contribution in [0, 0.1) is 0 Å². The predicted octanol–water partition coefficient (Wildman–Crippen LogP) is 4.40. The van der Waals surface area contributed by atoms with Crippen LogP contribution in [0.15, 0.2) is 48.5 Å². The highest BCUT2D eigenvalue weighted by Crippen LogP contribution is 2.29. The van der Waals surface area contributed by atoms with Crippen LogP contribution in [0.3, 0.4) is 0 Å². The van der Waals surface area contributed by atoms with Gasteiger partial charge in [0.05, 0.1) is 12.1 Å². The van der Waals surface area contributed by atoms with Crippen LogP contribution in [0.2, 0.25) is 0 Å². The van der Waals surface area contributed by atoms with Gasteiger partial charge in [-0.05, 0) is 36.4 Å². The smallest absolute Gasteiger partial charge is 0.416 e. The third-order valence-corrected chi connectivity index (χ3v) is 4.11. The Labute approximate surface area is 165 Å². The van der Waals surface area contributed by atoms with Crippen molar-refractivity contribution in [3.05, 3.63) is 65.2 Å². The Balaban J connectivity index is 1.89. The van der Waals surface area contributed by atoms with E-state index in [2.05, 4.69) is 4.74 Å². The van der Waals surface area contributed by atoms with Gasteiger partial charge in [-0.3, -0.25) is 9.69 Å². The largest absolute Gasteiger partial charge is 0.435 e. The number of amides is 1. The van der Waals surface area contributed by atoms with Crippen molar-refractivity contribution in [2.75, 3.05) is 20.6 Å². The summed E-state index contributed by atoms with van der Waals surface area (Å²) in [6.07, 6.45) is -4.42. The summed E-state index contributed by atoms with van der Waals surface area (Å²) >= 11 is 0. The van der Waals surface area contributed by atoms with Gasteiger partial charge in [0.15, 0.2) is 0 Å². The molecule has 9 heteroatoms. The lowest BCUT2D eigenvalue weighted by molar-refractivity contribution is -0.137. The second kappa shape index (κ2) is 9.69. The first-order valence-electron chi connectivity index (χ1n) is 8.67. The quantitative estimate of drug-likeness (QED) is 0.598. The molecule has 1 amide bonds. The number of ether oxygens (including phenoxy) is 1.